The predicted molar refractivity (Wildman–Crippen MR) is 76.9 cm³/mol. The van der Waals surface area contributed by atoms with Gasteiger partial charge in [0.25, 0.3) is 0 Å². The van der Waals surface area contributed by atoms with E-state index < -0.39 is 5.97 Å². The molecule has 0 aliphatic carbocycles. The van der Waals surface area contributed by atoms with Gasteiger partial charge in [-0.25, -0.2) is 9.78 Å². The van der Waals surface area contributed by atoms with E-state index in [-0.39, 0.29) is 23.5 Å². The molecular weight excluding hydrogens is 296 g/mol. The molecule has 2 aromatic heterocycles. The van der Waals surface area contributed by atoms with Gasteiger partial charge in [-0.2, -0.15) is 15.0 Å². The standard InChI is InChI=1S/C12H13ClN6O2/c1-19(2)12-17-9(16-11(14)18-12)6-21-10(20)7-3-4-15-8(13)5-7/h3-5H,6H2,1-2H3,(H2,14,16,17,18). The summed E-state index contributed by atoms with van der Waals surface area (Å²) in [6, 6.07) is 2.91. The maximum absolute atomic E-state index is 11.9. The zero-order valence-electron chi connectivity index (χ0n) is 11.4. The first kappa shape index (κ1) is 14.9. The van der Waals surface area contributed by atoms with Crippen molar-refractivity contribution >= 4 is 29.5 Å². The number of aromatic nitrogens is 4. The third kappa shape index (κ3) is 3.99. The summed E-state index contributed by atoms with van der Waals surface area (Å²) in [4.78, 5) is 29.3. The zero-order chi connectivity index (χ0) is 15.4. The molecule has 8 nitrogen and oxygen atoms in total. The molecule has 2 aromatic rings. The molecule has 2 rings (SSSR count). The molecule has 0 spiro atoms. The van der Waals surface area contributed by atoms with Gasteiger partial charge < -0.3 is 15.4 Å². The Bertz CT molecular complexity index is 664. The fourth-order valence-corrected chi connectivity index (χ4v) is 1.61. The fourth-order valence-electron chi connectivity index (χ4n) is 1.43. The largest absolute Gasteiger partial charge is 0.454 e. The molecule has 0 saturated carbocycles. The van der Waals surface area contributed by atoms with Crippen LogP contribution in [-0.4, -0.2) is 40.0 Å². The van der Waals surface area contributed by atoms with E-state index >= 15 is 0 Å². The molecule has 2 N–H and O–H groups in total. The number of esters is 1. The number of hydrogen-bond donors (Lipinski definition) is 1. The van der Waals surface area contributed by atoms with E-state index in [9.17, 15) is 4.79 Å². The van der Waals surface area contributed by atoms with E-state index in [0.29, 0.717) is 11.5 Å². The number of ether oxygens (including phenoxy) is 1. The molecule has 0 unspecified atom stereocenters. The number of carbonyl (C=O) groups is 1. The highest BCUT2D eigenvalue weighted by Crippen LogP contribution is 2.10. The van der Waals surface area contributed by atoms with Gasteiger partial charge in [0.05, 0.1) is 5.56 Å². The molecule has 21 heavy (non-hydrogen) atoms. The topological polar surface area (TPSA) is 107 Å². The lowest BCUT2D eigenvalue weighted by atomic mass is 10.3. The van der Waals surface area contributed by atoms with E-state index in [1.54, 1.807) is 19.0 Å². The summed E-state index contributed by atoms with van der Waals surface area (Å²) >= 11 is 5.71. The number of pyridine rings is 1. The Labute approximate surface area is 126 Å². The van der Waals surface area contributed by atoms with Gasteiger partial charge in [-0.05, 0) is 12.1 Å². The van der Waals surface area contributed by atoms with Crippen molar-refractivity contribution in [2.75, 3.05) is 24.7 Å². The van der Waals surface area contributed by atoms with Crippen LogP contribution in [-0.2, 0) is 11.3 Å². The van der Waals surface area contributed by atoms with Crippen LogP contribution in [0.25, 0.3) is 0 Å². The second-order valence-corrected chi connectivity index (χ2v) is 4.63. The molecule has 0 atom stereocenters. The summed E-state index contributed by atoms with van der Waals surface area (Å²) in [6.45, 7) is -0.119. The monoisotopic (exact) mass is 308 g/mol. The Kier molecular flexibility index (Phi) is 4.49. The second kappa shape index (κ2) is 6.31. The first-order valence-corrected chi connectivity index (χ1v) is 6.30. The predicted octanol–water partition coefficient (Wildman–Crippen LogP) is 0.925. The first-order valence-electron chi connectivity index (χ1n) is 5.92. The van der Waals surface area contributed by atoms with Crippen molar-refractivity contribution < 1.29 is 9.53 Å². The van der Waals surface area contributed by atoms with Crippen molar-refractivity contribution in [2.24, 2.45) is 0 Å². The maximum Gasteiger partial charge on any atom is 0.338 e. The number of nitrogen functional groups attached to an aromatic ring is 1. The zero-order valence-corrected chi connectivity index (χ0v) is 12.2. The van der Waals surface area contributed by atoms with Gasteiger partial charge in [0.1, 0.15) is 5.15 Å². The summed E-state index contributed by atoms with van der Waals surface area (Å²) in [5.74, 6) is 0.164. The lowest BCUT2D eigenvalue weighted by Gasteiger charge is -2.11. The molecule has 0 aromatic carbocycles. The average Bonchev–Trinajstić information content (AvgIpc) is 2.44. The van der Waals surface area contributed by atoms with Gasteiger partial charge in [-0.3, -0.25) is 0 Å². The minimum atomic E-state index is -0.551. The van der Waals surface area contributed by atoms with Crippen molar-refractivity contribution in [3.8, 4) is 0 Å². The molecule has 0 aliphatic heterocycles. The lowest BCUT2D eigenvalue weighted by Crippen LogP contribution is -2.17. The smallest absolute Gasteiger partial charge is 0.338 e. The third-order valence-corrected chi connectivity index (χ3v) is 2.59. The number of hydrogen-bond acceptors (Lipinski definition) is 8. The fraction of sp³-hybridized carbons (Fsp3) is 0.250. The van der Waals surface area contributed by atoms with Crippen LogP contribution in [0.3, 0.4) is 0 Å². The molecule has 9 heteroatoms. The summed E-state index contributed by atoms with van der Waals surface area (Å²) < 4.78 is 5.11. The highest BCUT2D eigenvalue weighted by Gasteiger charge is 2.11. The van der Waals surface area contributed by atoms with Crippen molar-refractivity contribution in [2.45, 2.75) is 6.61 Å². The number of nitrogens with two attached hydrogens (primary N) is 1. The van der Waals surface area contributed by atoms with E-state index in [1.165, 1.54) is 18.3 Å². The van der Waals surface area contributed by atoms with Crippen LogP contribution in [0.15, 0.2) is 18.3 Å². The van der Waals surface area contributed by atoms with Crippen LogP contribution in [0.5, 0.6) is 0 Å². The van der Waals surface area contributed by atoms with Crippen LogP contribution >= 0.6 is 11.6 Å². The van der Waals surface area contributed by atoms with Crippen LogP contribution in [0.1, 0.15) is 16.2 Å². The van der Waals surface area contributed by atoms with Crippen molar-refractivity contribution in [3.63, 3.8) is 0 Å². The second-order valence-electron chi connectivity index (χ2n) is 4.25. The Morgan fingerprint density at radius 1 is 1.38 bits per heavy atom. The minimum absolute atomic E-state index is 0.0618. The third-order valence-electron chi connectivity index (χ3n) is 2.38. The molecule has 0 fully saturated rings. The van der Waals surface area contributed by atoms with Gasteiger partial charge in [-0.15, -0.1) is 0 Å². The molecule has 0 saturated heterocycles. The van der Waals surface area contributed by atoms with Gasteiger partial charge in [0, 0.05) is 20.3 Å². The molecular formula is C12H13ClN6O2. The van der Waals surface area contributed by atoms with Gasteiger partial charge in [-0.1, -0.05) is 11.6 Å². The Balaban J connectivity index is 2.08. The maximum atomic E-state index is 11.9. The summed E-state index contributed by atoms with van der Waals surface area (Å²) in [5, 5.41) is 0.212. The molecule has 0 amide bonds. The summed E-state index contributed by atoms with van der Waals surface area (Å²) in [6.07, 6.45) is 1.42. The molecule has 0 aliphatic rings. The van der Waals surface area contributed by atoms with Crippen LogP contribution in [0.2, 0.25) is 5.15 Å². The lowest BCUT2D eigenvalue weighted by molar-refractivity contribution is 0.0462. The highest BCUT2D eigenvalue weighted by molar-refractivity contribution is 6.29. The van der Waals surface area contributed by atoms with Crippen LogP contribution < -0.4 is 10.6 Å². The Hall–Kier alpha value is -2.48. The quantitative estimate of drug-likeness (QED) is 0.656. The average molecular weight is 309 g/mol. The number of nitrogens with zero attached hydrogens (tertiary/aromatic N) is 5. The number of rotatable bonds is 4. The van der Waals surface area contributed by atoms with E-state index in [4.69, 9.17) is 22.1 Å². The highest BCUT2D eigenvalue weighted by atomic mass is 35.5. The van der Waals surface area contributed by atoms with Crippen molar-refractivity contribution in [1.82, 2.24) is 19.9 Å². The Morgan fingerprint density at radius 2 is 2.14 bits per heavy atom. The molecule has 0 bridgehead atoms. The van der Waals surface area contributed by atoms with Crippen LogP contribution in [0, 0.1) is 0 Å². The SMILES string of the molecule is CN(C)c1nc(N)nc(COC(=O)c2ccnc(Cl)c2)n1. The van der Waals surface area contributed by atoms with Gasteiger partial charge >= 0.3 is 5.97 Å². The minimum Gasteiger partial charge on any atom is -0.454 e. The summed E-state index contributed by atoms with van der Waals surface area (Å²) in [5.41, 5.74) is 5.88. The van der Waals surface area contributed by atoms with E-state index in [2.05, 4.69) is 19.9 Å². The molecule has 2 heterocycles. The molecule has 110 valence electrons. The van der Waals surface area contributed by atoms with E-state index in [0.717, 1.165) is 0 Å². The van der Waals surface area contributed by atoms with Gasteiger partial charge in [0.15, 0.2) is 12.4 Å². The van der Waals surface area contributed by atoms with E-state index in [1.807, 2.05) is 0 Å². The number of carbonyl (C=O) groups excluding carboxylic acids is 1. The molecule has 0 radical (unpaired) electrons. The first-order chi connectivity index (χ1) is 9.95. The van der Waals surface area contributed by atoms with Crippen LogP contribution in [0.4, 0.5) is 11.9 Å². The van der Waals surface area contributed by atoms with Crippen molar-refractivity contribution in [1.29, 1.82) is 0 Å². The number of halogens is 1. The van der Waals surface area contributed by atoms with Crippen molar-refractivity contribution in [3.05, 3.63) is 34.9 Å². The summed E-state index contributed by atoms with van der Waals surface area (Å²) in [7, 11) is 3.53. The number of anilines is 2. The normalized spacial score (nSPS) is 10.2. The van der Waals surface area contributed by atoms with Gasteiger partial charge in [0.2, 0.25) is 11.9 Å². The Morgan fingerprint density at radius 3 is 2.81 bits per heavy atom.